The average Bonchev–Trinajstić information content (AvgIpc) is 2.58. The van der Waals surface area contributed by atoms with E-state index in [4.69, 9.17) is 11.6 Å². The van der Waals surface area contributed by atoms with Gasteiger partial charge in [-0.05, 0) is 30.7 Å². The summed E-state index contributed by atoms with van der Waals surface area (Å²) >= 11 is 5.96. The molecule has 0 heterocycles. The quantitative estimate of drug-likeness (QED) is 0.554. The van der Waals surface area contributed by atoms with Crippen molar-refractivity contribution in [1.82, 2.24) is 0 Å². The second-order valence-electron chi connectivity index (χ2n) is 5.76. The van der Waals surface area contributed by atoms with Gasteiger partial charge in [0.25, 0.3) is 5.69 Å². The van der Waals surface area contributed by atoms with Gasteiger partial charge in [0.05, 0.1) is 16.9 Å². The molecule has 0 aliphatic carbocycles. The Labute approximate surface area is 162 Å². The number of amides is 1. The first-order chi connectivity index (χ1) is 12.6. The Balaban J connectivity index is 2.38. The molecule has 2 aromatic rings. The maximum atomic E-state index is 12.8. The first kappa shape index (κ1) is 20.7. The van der Waals surface area contributed by atoms with Crippen molar-refractivity contribution >= 4 is 44.6 Å². The third kappa shape index (κ3) is 5.18. The highest BCUT2D eigenvalue weighted by Crippen LogP contribution is 2.26. The van der Waals surface area contributed by atoms with Crippen molar-refractivity contribution < 1.29 is 18.1 Å². The fraction of sp³-hybridized carbons (Fsp3) is 0.235. The number of carbonyl (C=O) groups excluding carboxylic acids is 1. The fourth-order valence-corrected chi connectivity index (χ4v) is 3.98. The number of carbonyl (C=O) groups is 1. The predicted molar refractivity (Wildman–Crippen MR) is 105 cm³/mol. The predicted octanol–water partition coefficient (Wildman–Crippen LogP) is 3.43. The van der Waals surface area contributed by atoms with Gasteiger partial charge >= 0.3 is 0 Å². The van der Waals surface area contributed by atoms with Crippen LogP contribution in [0.15, 0.2) is 48.5 Å². The molecule has 144 valence electrons. The first-order valence-corrected chi connectivity index (χ1v) is 10.2. The first-order valence-electron chi connectivity index (χ1n) is 7.93. The number of nitrogens with one attached hydrogen (secondary N) is 1. The fourth-order valence-electron chi connectivity index (χ4n) is 2.60. The van der Waals surface area contributed by atoms with Crippen molar-refractivity contribution in [3.63, 3.8) is 0 Å². The van der Waals surface area contributed by atoms with Crippen molar-refractivity contribution in [3.05, 3.63) is 63.7 Å². The van der Waals surface area contributed by atoms with E-state index in [9.17, 15) is 23.3 Å². The van der Waals surface area contributed by atoms with Crippen molar-refractivity contribution in [1.29, 1.82) is 0 Å². The van der Waals surface area contributed by atoms with E-state index in [0.717, 1.165) is 10.6 Å². The third-order valence-corrected chi connectivity index (χ3v) is 5.13. The van der Waals surface area contributed by atoms with Crippen molar-refractivity contribution in [2.75, 3.05) is 15.9 Å². The number of nitro benzene ring substituents is 1. The lowest BCUT2D eigenvalue weighted by molar-refractivity contribution is -0.384. The molecule has 1 amide bonds. The minimum Gasteiger partial charge on any atom is -0.324 e. The van der Waals surface area contributed by atoms with Crippen LogP contribution in [-0.2, 0) is 14.8 Å². The maximum absolute atomic E-state index is 12.8. The summed E-state index contributed by atoms with van der Waals surface area (Å²) in [5.41, 5.74) is 0.272. The van der Waals surface area contributed by atoms with Crippen molar-refractivity contribution in [3.8, 4) is 0 Å². The molecule has 0 radical (unpaired) electrons. The standard InChI is InChI=1S/C17H18ClN3O5S/c1-3-16(17(22)19-13-7-5-9-15(11-13)21(23)24)20(27(2,25)26)14-8-4-6-12(18)10-14/h4-11,16H,3H2,1-2H3,(H,19,22)/t16-/m1/s1. The molecule has 0 aliphatic rings. The number of halogens is 1. The molecular weight excluding hydrogens is 394 g/mol. The molecule has 2 aromatic carbocycles. The molecule has 0 saturated carbocycles. The summed E-state index contributed by atoms with van der Waals surface area (Å²) in [4.78, 5) is 23.0. The Bertz CT molecular complexity index is 965. The van der Waals surface area contributed by atoms with Crippen LogP contribution in [0.1, 0.15) is 13.3 Å². The molecule has 0 unspecified atom stereocenters. The monoisotopic (exact) mass is 411 g/mol. The summed E-state index contributed by atoms with van der Waals surface area (Å²) < 4.78 is 25.7. The molecule has 1 atom stereocenters. The van der Waals surface area contributed by atoms with Gasteiger partial charge < -0.3 is 5.32 Å². The van der Waals surface area contributed by atoms with Gasteiger partial charge in [0.1, 0.15) is 6.04 Å². The van der Waals surface area contributed by atoms with Crippen LogP contribution >= 0.6 is 11.6 Å². The van der Waals surface area contributed by atoms with Gasteiger partial charge in [0, 0.05) is 22.8 Å². The van der Waals surface area contributed by atoms with Crippen LogP contribution in [0.2, 0.25) is 5.02 Å². The maximum Gasteiger partial charge on any atom is 0.271 e. The highest BCUT2D eigenvalue weighted by molar-refractivity contribution is 7.92. The Morgan fingerprint density at radius 3 is 2.48 bits per heavy atom. The minimum atomic E-state index is -3.80. The molecule has 0 aliphatic heterocycles. The molecule has 1 N–H and O–H groups in total. The van der Waals surface area contributed by atoms with Gasteiger partial charge in [0.15, 0.2) is 0 Å². The highest BCUT2D eigenvalue weighted by atomic mass is 35.5. The van der Waals surface area contributed by atoms with E-state index in [2.05, 4.69) is 5.32 Å². The van der Waals surface area contributed by atoms with E-state index in [1.165, 1.54) is 36.4 Å². The second kappa shape index (κ2) is 8.36. The summed E-state index contributed by atoms with van der Waals surface area (Å²) in [7, 11) is -3.80. The topological polar surface area (TPSA) is 110 Å². The second-order valence-corrected chi connectivity index (χ2v) is 8.06. The SMILES string of the molecule is CC[C@H](C(=O)Nc1cccc([N+](=O)[O-])c1)N(c1cccc(Cl)c1)S(C)(=O)=O. The number of rotatable bonds is 7. The van der Waals surface area contributed by atoms with Crippen molar-refractivity contribution in [2.24, 2.45) is 0 Å². The number of anilines is 2. The van der Waals surface area contributed by atoms with Crippen LogP contribution in [0.3, 0.4) is 0 Å². The molecule has 0 saturated heterocycles. The number of nitro groups is 1. The zero-order valence-electron chi connectivity index (χ0n) is 14.6. The highest BCUT2D eigenvalue weighted by Gasteiger charge is 2.31. The van der Waals surface area contributed by atoms with Gasteiger partial charge in [0.2, 0.25) is 15.9 Å². The van der Waals surface area contributed by atoms with Crippen LogP contribution in [0.4, 0.5) is 17.1 Å². The Hall–Kier alpha value is -2.65. The molecule has 10 heteroatoms. The Kier molecular flexibility index (Phi) is 6.40. The summed E-state index contributed by atoms with van der Waals surface area (Å²) in [5.74, 6) is -0.608. The smallest absolute Gasteiger partial charge is 0.271 e. The number of non-ortho nitro benzene ring substituents is 1. The van der Waals surface area contributed by atoms with E-state index < -0.39 is 26.9 Å². The molecule has 27 heavy (non-hydrogen) atoms. The van der Waals surface area contributed by atoms with Gasteiger partial charge in [-0.1, -0.05) is 30.7 Å². The normalized spacial score (nSPS) is 12.3. The van der Waals surface area contributed by atoms with E-state index in [1.54, 1.807) is 19.1 Å². The largest absolute Gasteiger partial charge is 0.324 e. The summed E-state index contributed by atoms with van der Waals surface area (Å²) in [6.45, 7) is 1.67. The molecule has 0 bridgehead atoms. The molecule has 0 spiro atoms. The number of benzene rings is 2. The number of hydrogen-bond acceptors (Lipinski definition) is 5. The van der Waals surface area contributed by atoms with Gasteiger partial charge in [-0.15, -0.1) is 0 Å². The van der Waals surface area contributed by atoms with Crippen LogP contribution in [0.5, 0.6) is 0 Å². The van der Waals surface area contributed by atoms with E-state index >= 15 is 0 Å². The Morgan fingerprint density at radius 2 is 1.93 bits per heavy atom. The van der Waals surface area contributed by atoms with E-state index in [0.29, 0.717) is 5.02 Å². The molecule has 8 nitrogen and oxygen atoms in total. The molecular formula is C17H18ClN3O5S. The lowest BCUT2D eigenvalue weighted by atomic mass is 10.1. The van der Waals surface area contributed by atoms with Crippen LogP contribution in [0, 0.1) is 10.1 Å². The number of hydrogen-bond donors (Lipinski definition) is 1. The Morgan fingerprint density at radius 1 is 1.26 bits per heavy atom. The lowest BCUT2D eigenvalue weighted by Gasteiger charge is -2.30. The van der Waals surface area contributed by atoms with Gasteiger partial charge in [-0.3, -0.25) is 19.2 Å². The third-order valence-electron chi connectivity index (χ3n) is 3.72. The number of nitrogens with zero attached hydrogens (tertiary/aromatic N) is 2. The van der Waals surface area contributed by atoms with Gasteiger partial charge in [-0.25, -0.2) is 8.42 Å². The summed E-state index contributed by atoms with van der Waals surface area (Å²) in [6.07, 6.45) is 1.18. The van der Waals surface area contributed by atoms with Gasteiger partial charge in [-0.2, -0.15) is 0 Å². The molecule has 2 rings (SSSR count). The molecule has 0 fully saturated rings. The van der Waals surface area contributed by atoms with E-state index in [-0.39, 0.29) is 23.5 Å². The summed E-state index contributed by atoms with van der Waals surface area (Å²) in [5, 5.41) is 13.7. The van der Waals surface area contributed by atoms with E-state index in [1.807, 2.05) is 0 Å². The zero-order chi connectivity index (χ0) is 20.2. The average molecular weight is 412 g/mol. The summed E-state index contributed by atoms with van der Waals surface area (Å²) in [6, 6.07) is 10.5. The van der Waals surface area contributed by atoms with Crippen LogP contribution < -0.4 is 9.62 Å². The molecule has 0 aromatic heterocycles. The van der Waals surface area contributed by atoms with Crippen molar-refractivity contribution in [2.45, 2.75) is 19.4 Å². The minimum absolute atomic E-state index is 0.181. The number of sulfonamides is 1. The van der Waals surface area contributed by atoms with Crippen LogP contribution in [0.25, 0.3) is 0 Å². The van der Waals surface area contributed by atoms with Crippen LogP contribution in [-0.4, -0.2) is 31.5 Å². The zero-order valence-corrected chi connectivity index (χ0v) is 16.2. The lowest BCUT2D eigenvalue weighted by Crippen LogP contribution is -2.47.